The molecule has 3 aromatic carbocycles. The van der Waals surface area contributed by atoms with Gasteiger partial charge in [-0.3, -0.25) is 4.79 Å². The Morgan fingerprint density at radius 2 is 1.79 bits per heavy atom. The van der Waals surface area contributed by atoms with Gasteiger partial charge in [-0.15, -0.1) is 0 Å². The molecule has 8 nitrogen and oxygen atoms in total. The molecular formula is C30H31NO7. The molecular weight excluding hydrogens is 486 g/mol. The molecule has 2 heterocycles. The fourth-order valence-corrected chi connectivity index (χ4v) is 4.99. The number of aliphatic carboxylic acids is 1. The lowest BCUT2D eigenvalue weighted by Gasteiger charge is -2.37. The van der Waals surface area contributed by atoms with E-state index >= 15 is 0 Å². The number of carboxylic acids is 1. The highest BCUT2D eigenvalue weighted by Crippen LogP contribution is 2.40. The lowest BCUT2D eigenvalue weighted by Crippen LogP contribution is -2.51. The molecule has 0 spiro atoms. The molecule has 3 atom stereocenters. The summed E-state index contributed by atoms with van der Waals surface area (Å²) in [6.45, 7) is 1.40. The van der Waals surface area contributed by atoms with E-state index in [-0.39, 0.29) is 25.0 Å². The molecule has 8 heteroatoms. The molecule has 3 aromatic rings. The molecule has 1 N–H and O–H groups in total. The number of nitrogens with zero attached hydrogens (tertiary/aromatic N) is 1. The number of methoxy groups -OCH3 is 1. The van der Waals surface area contributed by atoms with Crippen LogP contribution in [-0.2, 0) is 38.6 Å². The number of carboxylic acid groups (broad SMARTS) is 1. The number of rotatable bonds is 9. The maximum Gasteiger partial charge on any atom is 0.326 e. The third kappa shape index (κ3) is 5.51. The molecule has 0 radical (unpaired) electrons. The molecule has 0 aliphatic carbocycles. The minimum Gasteiger partial charge on any atom is -0.493 e. The van der Waals surface area contributed by atoms with Crippen LogP contribution in [0.4, 0.5) is 0 Å². The zero-order chi connectivity index (χ0) is 26.5. The van der Waals surface area contributed by atoms with Gasteiger partial charge >= 0.3 is 5.97 Å². The maximum absolute atomic E-state index is 14.0. The predicted octanol–water partition coefficient (Wildman–Crippen LogP) is 4.16. The topological polar surface area (TPSA) is 94.5 Å². The number of ether oxygens (including phenoxy) is 4. The second kappa shape index (κ2) is 11.7. The van der Waals surface area contributed by atoms with Crippen molar-refractivity contribution in [1.29, 1.82) is 0 Å². The van der Waals surface area contributed by atoms with Crippen LogP contribution in [0.2, 0.25) is 0 Å². The van der Waals surface area contributed by atoms with Crippen molar-refractivity contribution in [2.45, 2.75) is 44.2 Å². The summed E-state index contributed by atoms with van der Waals surface area (Å²) < 4.78 is 23.4. The summed E-state index contributed by atoms with van der Waals surface area (Å²) in [5.41, 5.74) is 3.21. The monoisotopic (exact) mass is 517 g/mol. The van der Waals surface area contributed by atoms with E-state index < -0.39 is 18.1 Å². The van der Waals surface area contributed by atoms with Crippen molar-refractivity contribution in [1.82, 2.24) is 4.90 Å². The first-order chi connectivity index (χ1) is 18.5. The van der Waals surface area contributed by atoms with Crippen LogP contribution in [0.25, 0.3) is 0 Å². The molecule has 0 bridgehead atoms. The fraction of sp³-hybridized carbons (Fsp3) is 0.333. The van der Waals surface area contributed by atoms with Crippen molar-refractivity contribution in [2.24, 2.45) is 0 Å². The number of benzene rings is 3. The SMILES string of the molecule is COc1ccc2c(c1OCc1ccccc1)C[C@@H](C(=O)O)N(C(=O)[C@@H](O[C@H]1CCOC1)c1ccccc1)C2. The molecule has 198 valence electrons. The molecule has 5 rings (SSSR count). The summed E-state index contributed by atoms with van der Waals surface area (Å²) in [7, 11) is 1.55. The van der Waals surface area contributed by atoms with Crippen molar-refractivity contribution in [3.8, 4) is 11.5 Å². The predicted molar refractivity (Wildman–Crippen MR) is 139 cm³/mol. The molecule has 1 fully saturated rings. The smallest absolute Gasteiger partial charge is 0.326 e. The van der Waals surface area contributed by atoms with Gasteiger partial charge in [0.1, 0.15) is 12.6 Å². The highest BCUT2D eigenvalue weighted by molar-refractivity contribution is 5.88. The normalized spacial score (nSPS) is 19.4. The number of amides is 1. The summed E-state index contributed by atoms with van der Waals surface area (Å²) in [5.74, 6) is -0.443. The minimum atomic E-state index is -1.09. The van der Waals surface area contributed by atoms with Crippen LogP contribution < -0.4 is 9.47 Å². The van der Waals surface area contributed by atoms with Gasteiger partial charge in [0, 0.05) is 25.1 Å². The van der Waals surface area contributed by atoms with E-state index in [4.69, 9.17) is 18.9 Å². The van der Waals surface area contributed by atoms with Crippen LogP contribution in [0.15, 0.2) is 72.8 Å². The Labute approximate surface area is 221 Å². The summed E-state index contributed by atoms with van der Waals surface area (Å²) >= 11 is 0. The van der Waals surface area contributed by atoms with Crippen LogP contribution in [0, 0.1) is 0 Å². The van der Waals surface area contributed by atoms with Gasteiger partial charge in [-0.2, -0.15) is 0 Å². The Morgan fingerprint density at radius 1 is 1.05 bits per heavy atom. The molecule has 2 aliphatic rings. The first-order valence-corrected chi connectivity index (χ1v) is 12.7. The van der Waals surface area contributed by atoms with Crippen LogP contribution in [0.1, 0.15) is 34.8 Å². The average Bonchev–Trinajstić information content (AvgIpc) is 3.48. The van der Waals surface area contributed by atoms with E-state index in [9.17, 15) is 14.7 Å². The Balaban J connectivity index is 1.46. The van der Waals surface area contributed by atoms with E-state index in [1.807, 2.05) is 66.7 Å². The minimum absolute atomic E-state index is 0.0891. The maximum atomic E-state index is 14.0. The number of carbonyl (C=O) groups excluding carboxylic acids is 1. The highest BCUT2D eigenvalue weighted by atomic mass is 16.6. The summed E-state index contributed by atoms with van der Waals surface area (Å²) in [5, 5.41) is 10.2. The lowest BCUT2D eigenvalue weighted by atomic mass is 9.91. The van der Waals surface area contributed by atoms with Crippen molar-refractivity contribution in [3.63, 3.8) is 0 Å². The molecule has 1 amide bonds. The van der Waals surface area contributed by atoms with E-state index in [1.54, 1.807) is 13.2 Å². The highest BCUT2D eigenvalue weighted by Gasteiger charge is 2.41. The number of hydrogen-bond acceptors (Lipinski definition) is 6. The number of carbonyl (C=O) groups is 2. The van der Waals surface area contributed by atoms with E-state index in [0.29, 0.717) is 43.3 Å². The Hall–Kier alpha value is -3.88. The summed E-state index contributed by atoms with van der Waals surface area (Å²) in [4.78, 5) is 27.9. The fourth-order valence-electron chi connectivity index (χ4n) is 4.99. The molecule has 0 saturated carbocycles. The Kier molecular flexibility index (Phi) is 7.91. The standard InChI is InChI=1S/C30H31NO7/c1-35-26-13-12-22-17-31(29(32)27(21-10-6-3-7-11-21)38-23-14-15-36-19-23)25(30(33)34)16-24(22)28(26)37-18-20-8-4-2-5-9-20/h2-13,23,25,27H,14-19H2,1H3,(H,33,34)/t23-,25-,27-/m0/s1. The van der Waals surface area contributed by atoms with E-state index in [1.165, 1.54) is 4.90 Å². The summed E-state index contributed by atoms with van der Waals surface area (Å²) in [6.07, 6.45) is -0.389. The van der Waals surface area contributed by atoms with E-state index in [0.717, 1.165) is 16.7 Å². The number of hydrogen-bond donors (Lipinski definition) is 1. The van der Waals surface area contributed by atoms with Gasteiger partial charge in [0.05, 0.1) is 19.8 Å². The molecule has 0 aromatic heterocycles. The van der Waals surface area contributed by atoms with Gasteiger partial charge in [0.25, 0.3) is 5.91 Å². The van der Waals surface area contributed by atoms with Crippen molar-refractivity contribution >= 4 is 11.9 Å². The first-order valence-electron chi connectivity index (χ1n) is 12.7. The molecule has 1 saturated heterocycles. The molecule has 2 aliphatic heterocycles. The van der Waals surface area contributed by atoms with Gasteiger partial charge in [-0.1, -0.05) is 66.7 Å². The van der Waals surface area contributed by atoms with Crippen molar-refractivity contribution in [3.05, 3.63) is 95.1 Å². The van der Waals surface area contributed by atoms with Crippen molar-refractivity contribution < 1.29 is 33.6 Å². The first kappa shape index (κ1) is 25.8. The largest absolute Gasteiger partial charge is 0.493 e. The lowest BCUT2D eigenvalue weighted by molar-refractivity contribution is -0.160. The third-order valence-corrected chi connectivity index (χ3v) is 6.99. The average molecular weight is 518 g/mol. The second-order valence-corrected chi connectivity index (χ2v) is 9.45. The van der Waals surface area contributed by atoms with Crippen LogP contribution in [0.5, 0.6) is 11.5 Å². The van der Waals surface area contributed by atoms with Gasteiger partial charge in [0.2, 0.25) is 0 Å². The molecule has 0 unspecified atom stereocenters. The van der Waals surface area contributed by atoms with Crippen molar-refractivity contribution in [2.75, 3.05) is 20.3 Å². The van der Waals surface area contributed by atoms with Gasteiger partial charge in [-0.25, -0.2) is 4.79 Å². The quantitative estimate of drug-likeness (QED) is 0.456. The Bertz CT molecular complexity index is 1260. The van der Waals surface area contributed by atoms with Gasteiger partial charge in [-0.05, 0) is 29.2 Å². The van der Waals surface area contributed by atoms with E-state index in [2.05, 4.69) is 0 Å². The van der Waals surface area contributed by atoms with Gasteiger partial charge < -0.3 is 29.0 Å². The van der Waals surface area contributed by atoms with Gasteiger partial charge in [0.15, 0.2) is 17.6 Å². The third-order valence-electron chi connectivity index (χ3n) is 6.99. The van der Waals surface area contributed by atoms with Crippen LogP contribution >= 0.6 is 0 Å². The molecule has 38 heavy (non-hydrogen) atoms. The zero-order valence-corrected chi connectivity index (χ0v) is 21.2. The van der Waals surface area contributed by atoms with Crippen LogP contribution in [-0.4, -0.2) is 54.4 Å². The zero-order valence-electron chi connectivity index (χ0n) is 21.2. The second-order valence-electron chi connectivity index (χ2n) is 9.45. The van der Waals surface area contributed by atoms with Crippen LogP contribution in [0.3, 0.4) is 0 Å². The Morgan fingerprint density at radius 3 is 2.45 bits per heavy atom. The summed E-state index contributed by atoms with van der Waals surface area (Å²) in [6, 6.07) is 21.5. The number of fused-ring (bicyclic) bond motifs is 1.